The summed E-state index contributed by atoms with van der Waals surface area (Å²) in [4.78, 5) is 39.7. The lowest BCUT2D eigenvalue weighted by molar-refractivity contribution is -0.134. The van der Waals surface area contributed by atoms with Gasteiger partial charge in [-0.25, -0.2) is 0 Å². The van der Waals surface area contributed by atoms with Crippen LogP contribution in [0.5, 0.6) is 5.75 Å². The van der Waals surface area contributed by atoms with Gasteiger partial charge in [0.1, 0.15) is 17.8 Å². The first kappa shape index (κ1) is 33.4. The van der Waals surface area contributed by atoms with Crippen molar-refractivity contribution >= 4 is 29.3 Å². The van der Waals surface area contributed by atoms with Gasteiger partial charge in [-0.2, -0.15) is 0 Å². The van der Waals surface area contributed by atoms with Crippen LogP contribution < -0.4 is 20.7 Å². The molecule has 1 aliphatic rings. The molecule has 1 saturated carbocycles. The lowest BCUT2D eigenvalue weighted by atomic mass is 9.96. The van der Waals surface area contributed by atoms with Crippen LogP contribution >= 0.6 is 11.6 Å². The average Bonchev–Trinajstić information content (AvgIpc) is 3.78. The molecule has 42 heavy (non-hydrogen) atoms. The standard InChI is InChI=1S/C34H48ClN3O4/c1-6-18-42-30-13-8-7-12-28(30)23(4)16-17-36-33(40)29(21-25-14-15-25)37-34(41)31(22(2)3)38-32(39)24(5)19-26-10-9-11-27(35)20-26/h7-13,20,22-25,29,31H,6,14-19,21H2,1-5H3,(H,36,40)(H,37,41)(H,38,39)/t23?,24-,29+,31-/m1/s1. The smallest absolute Gasteiger partial charge is 0.243 e. The molecule has 1 unspecified atom stereocenters. The van der Waals surface area contributed by atoms with Crippen LogP contribution in [0.3, 0.4) is 0 Å². The van der Waals surface area contributed by atoms with Crippen molar-refractivity contribution in [1.29, 1.82) is 0 Å². The van der Waals surface area contributed by atoms with Crippen LogP contribution in [-0.2, 0) is 20.8 Å². The lowest BCUT2D eigenvalue weighted by Gasteiger charge is -2.26. The van der Waals surface area contributed by atoms with E-state index in [0.29, 0.717) is 36.9 Å². The van der Waals surface area contributed by atoms with E-state index >= 15 is 0 Å². The molecule has 0 bridgehead atoms. The zero-order chi connectivity index (χ0) is 30.6. The van der Waals surface area contributed by atoms with Crippen LogP contribution in [0, 0.1) is 17.8 Å². The fourth-order valence-corrected chi connectivity index (χ4v) is 5.26. The van der Waals surface area contributed by atoms with E-state index in [0.717, 1.165) is 42.6 Å². The van der Waals surface area contributed by atoms with Gasteiger partial charge in [0.25, 0.3) is 0 Å². The van der Waals surface area contributed by atoms with Gasteiger partial charge >= 0.3 is 0 Å². The number of hydrogen-bond donors (Lipinski definition) is 3. The molecule has 7 nitrogen and oxygen atoms in total. The van der Waals surface area contributed by atoms with Crippen LogP contribution in [0.15, 0.2) is 48.5 Å². The number of hydrogen-bond acceptors (Lipinski definition) is 4. The van der Waals surface area contributed by atoms with E-state index in [1.807, 2.05) is 57.2 Å². The molecular weight excluding hydrogens is 550 g/mol. The molecule has 3 N–H and O–H groups in total. The van der Waals surface area contributed by atoms with Crippen LogP contribution in [0.25, 0.3) is 0 Å². The molecule has 0 saturated heterocycles. The van der Waals surface area contributed by atoms with Crippen molar-refractivity contribution < 1.29 is 19.1 Å². The summed E-state index contributed by atoms with van der Waals surface area (Å²) in [6, 6.07) is 14.1. The largest absolute Gasteiger partial charge is 0.493 e. The Morgan fingerprint density at radius 1 is 0.952 bits per heavy atom. The molecule has 4 atom stereocenters. The first-order chi connectivity index (χ1) is 20.1. The first-order valence-electron chi connectivity index (χ1n) is 15.4. The van der Waals surface area contributed by atoms with Crippen molar-refractivity contribution in [1.82, 2.24) is 16.0 Å². The highest BCUT2D eigenvalue weighted by atomic mass is 35.5. The van der Waals surface area contributed by atoms with E-state index in [4.69, 9.17) is 16.3 Å². The van der Waals surface area contributed by atoms with Crippen molar-refractivity contribution in [3.05, 3.63) is 64.7 Å². The fourth-order valence-electron chi connectivity index (χ4n) is 5.04. The quantitative estimate of drug-likeness (QED) is 0.207. The normalized spacial score (nSPS) is 15.8. The van der Waals surface area contributed by atoms with Gasteiger partial charge in [-0.1, -0.05) is 89.4 Å². The van der Waals surface area contributed by atoms with E-state index in [2.05, 4.69) is 35.9 Å². The van der Waals surface area contributed by atoms with Gasteiger partial charge in [0.2, 0.25) is 17.7 Å². The highest BCUT2D eigenvalue weighted by Crippen LogP contribution is 2.34. The zero-order valence-electron chi connectivity index (χ0n) is 25.8. The Labute approximate surface area is 256 Å². The minimum absolute atomic E-state index is 0.146. The van der Waals surface area contributed by atoms with Crippen molar-refractivity contribution in [3.63, 3.8) is 0 Å². The minimum atomic E-state index is -0.742. The highest BCUT2D eigenvalue weighted by Gasteiger charge is 2.33. The van der Waals surface area contributed by atoms with Gasteiger partial charge < -0.3 is 20.7 Å². The third-order valence-corrected chi connectivity index (χ3v) is 8.05. The summed E-state index contributed by atoms with van der Waals surface area (Å²) in [5, 5.41) is 9.58. The van der Waals surface area contributed by atoms with Crippen molar-refractivity contribution in [2.75, 3.05) is 13.2 Å². The van der Waals surface area contributed by atoms with E-state index in [-0.39, 0.29) is 35.5 Å². The fraction of sp³-hybridized carbons (Fsp3) is 0.559. The summed E-state index contributed by atoms with van der Waals surface area (Å²) < 4.78 is 5.92. The second-order valence-corrected chi connectivity index (χ2v) is 12.5. The summed E-state index contributed by atoms with van der Waals surface area (Å²) >= 11 is 6.10. The van der Waals surface area contributed by atoms with Crippen LogP contribution in [-0.4, -0.2) is 43.0 Å². The number of rotatable bonds is 17. The summed E-state index contributed by atoms with van der Waals surface area (Å²) in [6.07, 6.45) is 4.94. The van der Waals surface area contributed by atoms with E-state index < -0.39 is 12.1 Å². The van der Waals surface area contributed by atoms with Gasteiger partial charge in [-0.3, -0.25) is 14.4 Å². The molecule has 230 valence electrons. The van der Waals surface area contributed by atoms with Crippen molar-refractivity contribution in [2.24, 2.45) is 17.8 Å². The van der Waals surface area contributed by atoms with Gasteiger partial charge in [0.15, 0.2) is 0 Å². The Balaban J connectivity index is 1.56. The van der Waals surface area contributed by atoms with Crippen molar-refractivity contribution in [2.45, 2.75) is 91.1 Å². The Hall–Kier alpha value is -3.06. The molecule has 2 aromatic carbocycles. The maximum atomic E-state index is 13.4. The van der Waals surface area contributed by atoms with Gasteiger partial charge in [0.05, 0.1) is 6.61 Å². The number of benzene rings is 2. The van der Waals surface area contributed by atoms with E-state index in [9.17, 15) is 14.4 Å². The topological polar surface area (TPSA) is 96.5 Å². The predicted octanol–water partition coefficient (Wildman–Crippen LogP) is 6.04. The second kappa shape index (κ2) is 16.5. The van der Waals surface area contributed by atoms with Gasteiger partial charge in [-0.15, -0.1) is 0 Å². The third-order valence-electron chi connectivity index (χ3n) is 7.81. The molecule has 1 aliphatic carbocycles. The zero-order valence-corrected chi connectivity index (χ0v) is 26.5. The minimum Gasteiger partial charge on any atom is -0.493 e. The lowest BCUT2D eigenvalue weighted by Crippen LogP contribution is -2.56. The first-order valence-corrected chi connectivity index (χ1v) is 15.8. The Kier molecular flexibility index (Phi) is 13.2. The summed E-state index contributed by atoms with van der Waals surface area (Å²) in [7, 11) is 0. The van der Waals surface area contributed by atoms with Crippen LogP contribution in [0.2, 0.25) is 5.02 Å². The van der Waals surface area contributed by atoms with Gasteiger partial charge in [0, 0.05) is 17.5 Å². The third kappa shape index (κ3) is 10.6. The molecule has 8 heteroatoms. The molecule has 0 aliphatic heterocycles. The molecule has 0 heterocycles. The van der Waals surface area contributed by atoms with E-state index in [1.54, 1.807) is 6.07 Å². The molecular formula is C34H48ClN3O4. The van der Waals surface area contributed by atoms with Gasteiger partial charge in [-0.05, 0) is 72.8 Å². The van der Waals surface area contributed by atoms with Crippen molar-refractivity contribution in [3.8, 4) is 5.75 Å². The van der Waals surface area contributed by atoms with Crippen LogP contribution in [0.1, 0.15) is 83.8 Å². The maximum Gasteiger partial charge on any atom is 0.243 e. The molecule has 2 aromatic rings. The molecule has 0 radical (unpaired) electrons. The number of para-hydroxylation sites is 1. The summed E-state index contributed by atoms with van der Waals surface area (Å²) in [5.74, 6) is 0.322. The Bertz CT molecular complexity index is 1180. The van der Waals surface area contributed by atoms with Crippen LogP contribution in [0.4, 0.5) is 0 Å². The maximum absolute atomic E-state index is 13.4. The second-order valence-electron chi connectivity index (χ2n) is 12.1. The Morgan fingerprint density at radius 3 is 2.36 bits per heavy atom. The number of halogens is 1. The monoisotopic (exact) mass is 597 g/mol. The predicted molar refractivity (Wildman–Crippen MR) is 169 cm³/mol. The number of carbonyl (C=O) groups is 3. The summed E-state index contributed by atoms with van der Waals surface area (Å²) in [5.41, 5.74) is 2.09. The Morgan fingerprint density at radius 2 is 1.69 bits per heavy atom. The highest BCUT2D eigenvalue weighted by molar-refractivity contribution is 6.30. The SMILES string of the molecule is CCCOc1ccccc1C(C)CCNC(=O)[C@H](CC1CC1)NC(=O)[C@H](NC(=O)[C@H](C)Cc1cccc(Cl)c1)C(C)C. The molecule has 3 rings (SSSR count). The number of carbonyl (C=O) groups excluding carboxylic acids is 3. The average molecular weight is 598 g/mol. The number of nitrogens with one attached hydrogen (secondary N) is 3. The molecule has 0 aromatic heterocycles. The number of ether oxygens (including phenoxy) is 1. The number of amides is 3. The molecule has 3 amide bonds. The summed E-state index contributed by atoms with van der Waals surface area (Å²) in [6.45, 7) is 11.0. The van der Waals surface area contributed by atoms with E-state index in [1.165, 1.54) is 0 Å². The molecule has 1 fully saturated rings. The molecule has 0 spiro atoms.